The molecule has 1 saturated heterocycles. The van der Waals surface area contributed by atoms with Crippen LogP contribution in [0.1, 0.15) is 26.7 Å². The molecule has 8 nitrogen and oxygen atoms in total. The average Bonchev–Trinajstić information content (AvgIpc) is 2.90. The van der Waals surface area contributed by atoms with Crippen molar-refractivity contribution >= 4 is 17.6 Å². The molecule has 0 aromatic carbocycles. The zero-order chi connectivity index (χ0) is 17.9. The molecule has 0 aliphatic carbocycles. The number of carbonyl (C=O) groups excluding carboxylic acids is 1. The summed E-state index contributed by atoms with van der Waals surface area (Å²) in [5.74, 6) is 0.184. The summed E-state index contributed by atoms with van der Waals surface area (Å²) in [6.07, 6.45) is 2.00. The van der Waals surface area contributed by atoms with Gasteiger partial charge in [0.1, 0.15) is 11.5 Å². The second-order valence-corrected chi connectivity index (χ2v) is 6.61. The van der Waals surface area contributed by atoms with E-state index in [1.54, 1.807) is 13.8 Å². The fraction of sp³-hybridized carbons (Fsp3) is 0.562. The zero-order valence-corrected chi connectivity index (χ0v) is 14.6. The molecule has 2 aliphatic heterocycles. The first-order valence-corrected chi connectivity index (χ1v) is 8.01. The Hall–Kier alpha value is -2.35. The van der Waals surface area contributed by atoms with Crippen LogP contribution in [0, 0.1) is 0 Å². The van der Waals surface area contributed by atoms with Crippen molar-refractivity contribution < 1.29 is 4.79 Å². The van der Waals surface area contributed by atoms with Crippen molar-refractivity contribution in [1.82, 2.24) is 15.5 Å². The molecular weight excluding hydrogens is 306 g/mol. The Kier molecular flexibility index (Phi) is 5.28. The molecule has 0 aromatic rings. The number of rotatable bonds is 3. The molecule has 0 bridgehead atoms. The molecule has 1 fully saturated rings. The molecule has 0 atom stereocenters. The van der Waals surface area contributed by atoms with E-state index in [0.29, 0.717) is 23.8 Å². The third-order valence-electron chi connectivity index (χ3n) is 4.42. The van der Waals surface area contributed by atoms with Crippen LogP contribution in [-0.4, -0.2) is 54.7 Å². The smallest absolute Gasteiger partial charge is 0.276 e. The number of nitrogens with two attached hydrogens (primary N) is 2. The lowest BCUT2D eigenvalue weighted by Gasteiger charge is -2.37. The van der Waals surface area contributed by atoms with Crippen molar-refractivity contribution in [1.29, 1.82) is 0 Å². The lowest BCUT2D eigenvalue weighted by atomic mass is 9.88. The van der Waals surface area contributed by atoms with Crippen LogP contribution in [0.15, 0.2) is 33.7 Å². The standard InChI is InChI=1S/C16H27N7O/c1-10(2)12(20-11(3)13(17)18)14(24)21-15-19-9-16(22-15)5-7-23(4)8-6-16/h1,5-9,17-18H2,2-4H3,(H2,19,21,22,24). The van der Waals surface area contributed by atoms with Crippen molar-refractivity contribution in [3.8, 4) is 0 Å². The van der Waals surface area contributed by atoms with Gasteiger partial charge in [-0.15, -0.1) is 0 Å². The van der Waals surface area contributed by atoms with Gasteiger partial charge in [0.05, 0.1) is 17.8 Å². The van der Waals surface area contributed by atoms with Crippen LogP contribution in [0.3, 0.4) is 0 Å². The molecule has 0 radical (unpaired) electrons. The van der Waals surface area contributed by atoms with Crippen molar-refractivity contribution in [3.05, 3.63) is 23.7 Å². The van der Waals surface area contributed by atoms with Gasteiger partial charge in [0.15, 0.2) is 5.96 Å². The summed E-state index contributed by atoms with van der Waals surface area (Å²) in [4.78, 5) is 23.4. The molecule has 2 rings (SSSR count). The van der Waals surface area contributed by atoms with Crippen molar-refractivity contribution in [2.45, 2.75) is 32.2 Å². The quantitative estimate of drug-likeness (QED) is 0.526. The lowest BCUT2D eigenvalue weighted by molar-refractivity contribution is -0.113. The van der Waals surface area contributed by atoms with Crippen molar-refractivity contribution in [2.75, 3.05) is 26.7 Å². The molecular formula is C16H27N7O. The molecule has 1 spiro atoms. The number of guanidine groups is 1. The first-order chi connectivity index (χ1) is 11.2. The van der Waals surface area contributed by atoms with Crippen molar-refractivity contribution in [3.63, 3.8) is 0 Å². The van der Waals surface area contributed by atoms with Gasteiger partial charge in [0.25, 0.3) is 5.91 Å². The van der Waals surface area contributed by atoms with Crippen LogP contribution in [0.2, 0.25) is 0 Å². The van der Waals surface area contributed by atoms with Gasteiger partial charge in [-0.25, -0.2) is 4.99 Å². The third kappa shape index (κ3) is 4.14. The SMILES string of the molecule is C=C(C)C(=NC(C)=C(N)N)C(=O)NC1=NCC2(CCN(C)CC2)N1. The Bertz CT molecular complexity index is 620. The summed E-state index contributed by atoms with van der Waals surface area (Å²) < 4.78 is 0. The molecule has 0 unspecified atom stereocenters. The fourth-order valence-corrected chi connectivity index (χ4v) is 2.70. The lowest BCUT2D eigenvalue weighted by Crippen LogP contribution is -2.56. The molecule has 1 amide bonds. The molecule has 2 heterocycles. The van der Waals surface area contributed by atoms with E-state index in [2.05, 4.69) is 39.1 Å². The minimum Gasteiger partial charge on any atom is -0.384 e. The highest BCUT2D eigenvalue weighted by atomic mass is 16.2. The number of nitrogens with one attached hydrogen (secondary N) is 2. The van der Waals surface area contributed by atoms with Crippen LogP contribution in [0.25, 0.3) is 0 Å². The Labute approximate surface area is 142 Å². The van der Waals surface area contributed by atoms with Gasteiger partial charge in [-0.05, 0) is 39.3 Å². The number of amides is 1. The number of hydrogen-bond acceptors (Lipinski definition) is 7. The summed E-state index contributed by atoms with van der Waals surface area (Å²) >= 11 is 0. The number of aliphatic imine (C=N–C) groups is 2. The third-order valence-corrected chi connectivity index (χ3v) is 4.42. The Morgan fingerprint density at radius 1 is 1.38 bits per heavy atom. The van der Waals surface area contributed by atoms with E-state index in [1.807, 2.05) is 0 Å². The van der Waals surface area contributed by atoms with Gasteiger partial charge in [0.2, 0.25) is 0 Å². The summed E-state index contributed by atoms with van der Waals surface area (Å²) in [5, 5.41) is 6.15. The predicted molar refractivity (Wildman–Crippen MR) is 96.4 cm³/mol. The molecule has 0 saturated carbocycles. The van der Waals surface area contributed by atoms with Gasteiger partial charge in [-0.1, -0.05) is 6.58 Å². The van der Waals surface area contributed by atoms with Crippen molar-refractivity contribution in [2.24, 2.45) is 21.5 Å². The molecule has 24 heavy (non-hydrogen) atoms. The van der Waals surface area contributed by atoms with E-state index in [9.17, 15) is 4.79 Å². The second-order valence-electron chi connectivity index (χ2n) is 6.61. The van der Waals surface area contributed by atoms with Crippen LogP contribution in [0.4, 0.5) is 0 Å². The number of nitrogens with zero attached hydrogens (tertiary/aromatic N) is 3. The maximum absolute atomic E-state index is 12.5. The van der Waals surface area contributed by atoms with Crippen LogP contribution in [0.5, 0.6) is 0 Å². The number of likely N-dealkylation sites (tertiary alicyclic amines) is 1. The number of piperidine rings is 1. The fourth-order valence-electron chi connectivity index (χ4n) is 2.70. The minimum atomic E-state index is -0.376. The topological polar surface area (TPSA) is 121 Å². The second kappa shape index (κ2) is 7.04. The van der Waals surface area contributed by atoms with E-state index < -0.39 is 0 Å². The van der Waals surface area contributed by atoms with Gasteiger partial charge in [-0.2, -0.15) is 0 Å². The highest BCUT2D eigenvalue weighted by Crippen LogP contribution is 2.24. The maximum atomic E-state index is 12.5. The molecule has 0 aromatic heterocycles. The van der Waals surface area contributed by atoms with Crippen LogP contribution < -0.4 is 22.1 Å². The largest absolute Gasteiger partial charge is 0.384 e. The highest BCUT2D eigenvalue weighted by molar-refractivity contribution is 6.47. The Morgan fingerprint density at radius 3 is 2.54 bits per heavy atom. The number of carbonyl (C=O) groups is 1. The molecule has 2 aliphatic rings. The first-order valence-electron chi connectivity index (χ1n) is 8.01. The summed E-state index contributed by atoms with van der Waals surface area (Å²) in [7, 11) is 2.11. The summed E-state index contributed by atoms with van der Waals surface area (Å²) in [6, 6.07) is 0. The van der Waals surface area contributed by atoms with Gasteiger partial charge in [0, 0.05) is 13.1 Å². The summed E-state index contributed by atoms with van der Waals surface area (Å²) in [6.45, 7) is 9.85. The average molecular weight is 333 g/mol. The Morgan fingerprint density at radius 2 is 2.00 bits per heavy atom. The van der Waals surface area contributed by atoms with Gasteiger partial charge >= 0.3 is 0 Å². The first kappa shape index (κ1) is 18.0. The zero-order valence-electron chi connectivity index (χ0n) is 14.6. The minimum absolute atomic E-state index is 0.0485. The van der Waals surface area contributed by atoms with Crippen LogP contribution in [-0.2, 0) is 4.79 Å². The summed E-state index contributed by atoms with van der Waals surface area (Å²) in [5.41, 5.74) is 12.1. The molecule has 6 N–H and O–H groups in total. The monoisotopic (exact) mass is 333 g/mol. The van der Waals surface area contributed by atoms with Gasteiger partial charge in [-0.3, -0.25) is 15.1 Å². The van der Waals surface area contributed by atoms with E-state index in [4.69, 9.17) is 11.5 Å². The molecule has 132 valence electrons. The number of allylic oxidation sites excluding steroid dienone is 1. The van der Waals surface area contributed by atoms with E-state index in [-0.39, 0.29) is 23.0 Å². The normalized spacial score (nSPS) is 20.3. The number of hydrogen-bond donors (Lipinski definition) is 4. The predicted octanol–water partition coefficient (Wildman–Crippen LogP) is -0.350. The Balaban J connectivity index is 2.04. The maximum Gasteiger partial charge on any atom is 0.276 e. The van der Waals surface area contributed by atoms with Gasteiger partial charge < -0.3 is 21.7 Å². The highest BCUT2D eigenvalue weighted by Gasteiger charge is 2.38. The van der Waals surface area contributed by atoms with Crippen LogP contribution >= 0.6 is 0 Å². The van der Waals surface area contributed by atoms with E-state index in [0.717, 1.165) is 25.9 Å². The van der Waals surface area contributed by atoms with E-state index >= 15 is 0 Å². The molecule has 8 heteroatoms. The van der Waals surface area contributed by atoms with E-state index in [1.165, 1.54) is 0 Å².